The molecule has 9 atom stereocenters. The number of esters is 1. The fourth-order valence-corrected chi connectivity index (χ4v) is 13.0. The van der Waals surface area contributed by atoms with Gasteiger partial charge in [-0.25, -0.2) is 0 Å². The number of carbonyl (C=O) groups is 5. The van der Waals surface area contributed by atoms with Crippen LogP contribution in [0.2, 0.25) is 0 Å². The van der Waals surface area contributed by atoms with Gasteiger partial charge in [-0.2, -0.15) is 0 Å². The van der Waals surface area contributed by atoms with Crippen LogP contribution in [0.4, 0.5) is 0 Å². The SMILES string of the molecule is CC(C)C1=C2C3CCC4C(C)(CCC5C(C)C(OC(=O)CC(C)(C)C(=O)O)CCC54C)C3CCC2(NC(=O)C(C)(C)NC(=O)C2CCCCC2)CC1=O. The molecule has 0 aliphatic heterocycles. The highest BCUT2D eigenvalue weighted by Gasteiger charge is 2.65. The number of hydrogen-bond acceptors (Lipinski definition) is 6. The smallest absolute Gasteiger partial charge is 0.309 e. The average Bonchev–Trinajstić information content (AvgIpc) is 3.37. The molecule has 3 N–H and O–H groups in total. The van der Waals surface area contributed by atoms with E-state index in [-0.39, 0.29) is 64.6 Å². The maximum Gasteiger partial charge on any atom is 0.309 e. The molecule has 6 aliphatic rings. The Hall–Kier alpha value is -2.71. The van der Waals surface area contributed by atoms with Gasteiger partial charge in [-0.05, 0) is 149 Å². The summed E-state index contributed by atoms with van der Waals surface area (Å²) in [5.74, 6) is 0.235. The van der Waals surface area contributed by atoms with Crippen LogP contribution < -0.4 is 10.6 Å². The number of ketones is 1. The molecule has 9 heteroatoms. The van der Waals surface area contributed by atoms with Gasteiger partial charge in [-0.15, -0.1) is 0 Å². The maximum absolute atomic E-state index is 14.2. The van der Waals surface area contributed by atoms with Gasteiger partial charge in [0.15, 0.2) is 5.78 Å². The van der Waals surface area contributed by atoms with Gasteiger partial charge in [0.1, 0.15) is 11.6 Å². The van der Waals surface area contributed by atoms with Crippen LogP contribution in [0, 0.1) is 57.7 Å². The minimum absolute atomic E-state index is 0.0359. The molecule has 6 aliphatic carbocycles. The molecule has 296 valence electrons. The Morgan fingerprint density at radius 1 is 0.868 bits per heavy atom. The molecule has 5 saturated carbocycles. The van der Waals surface area contributed by atoms with Gasteiger partial charge in [0, 0.05) is 12.3 Å². The van der Waals surface area contributed by atoms with Crippen LogP contribution in [0.15, 0.2) is 11.1 Å². The van der Waals surface area contributed by atoms with Crippen molar-refractivity contribution in [3.63, 3.8) is 0 Å². The van der Waals surface area contributed by atoms with Crippen molar-refractivity contribution >= 4 is 29.5 Å². The summed E-state index contributed by atoms with van der Waals surface area (Å²) in [6.45, 7) is 18.2. The largest absolute Gasteiger partial charge is 0.481 e. The first kappa shape index (κ1) is 40.0. The van der Waals surface area contributed by atoms with Gasteiger partial charge in [0.05, 0.1) is 17.4 Å². The molecule has 9 nitrogen and oxygen atoms in total. The molecule has 6 rings (SSSR count). The first-order valence-corrected chi connectivity index (χ1v) is 21.0. The average molecular weight is 737 g/mol. The second-order valence-corrected chi connectivity index (χ2v) is 20.4. The van der Waals surface area contributed by atoms with Crippen molar-refractivity contribution in [3.05, 3.63) is 11.1 Å². The van der Waals surface area contributed by atoms with Crippen LogP contribution in [0.1, 0.15) is 159 Å². The van der Waals surface area contributed by atoms with Gasteiger partial charge in [-0.1, -0.05) is 53.9 Å². The number of carboxylic acids is 1. The molecule has 0 aromatic heterocycles. The number of fused-ring (bicyclic) bond motifs is 7. The van der Waals surface area contributed by atoms with Gasteiger partial charge >= 0.3 is 11.9 Å². The lowest BCUT2D eigenvalue weighted by Gasteiger charge is -2.67. The fourth-order valence-electron chi connectivity index (χ4n) is 13.0. The van der Waals surface area contributed by atoms with E-state index in [9.17, 15) is 29.1 Å². The molecule has 0 spiro atoms. The quantitative estimate of drug-likeness (QED) is 0.204. The summed E-state index contributed by atoms with van der Waals surface area (Å²) in [7, 11) is 0. The zero-order valence-electron chi connectivity index (χ0n) is 34.1. The molecule has 0 saturated heterocycles. The monoisotopic (exact) mass is 737 g/mol. The van der Waals surface area contributed by atoms with Crippen LogP contribution >= 0.6 is 0 Å². The molecule has 5 fully saturated rings. The van der Waals surface area contributed by atoms with Crippen molar-refractivity contribution in [1.82, 2.24) is 10.6 Å². The summed E-state index contributed by atoms with van der Waals surface area (Å²) in [6.07, 6.45) is 12.6. The van der Waals surface area contributed by atoms with E-state index in [4.69, 9.17) is 4.74 Å². The number of hydrogen-bond donors (Lipinski definition) is 3. The summed E-state index contributed by atoms with van der Waals surface area (Å²) >= 11 is 0. The second-order valence-electron chi connectivity index (χ2n) is 20.4. The van der Waals surface area contributed by atoms with Crippen molar-refractivity contribution in [2.45, 2.75) is 176 Å². The lowest BCUT2D eigenvalue weighted by Crippen LogP contribution is -2.65. The zero-order chi connectivity index (χ0) is 38.9. The van der Waals surface area contributed by atoms with Crippen molar-refractivity contribution in [2.24, 2.45) is 57.7 Å². The molecular formula is C44H68N2O7. The van der Waals surface area contributed by atoms with Crippen LogP contribution in [0.5, 0.6) is 0 Å². The Labute approximate surface area is 318 Å². The van der Waals surface area contributed by atoms with E-state index < -0.39 is 28.4 Å². The van der Waals surface area contributed by atoms with Crippen LogP contribution in [0.25, 0.3) is 0 Å². The number of ether oxygens (including phenoxy) is 1. The molecule has 0 bridgehead atoms. The topological polar surface area (TPSA) is 139 Å². The van der Waals surface area contributed by atoms with E-state index in [2.05, 4.69) is 45.3 Å². The number of Topliss-reactive ketones (excluding diaryl/α,β-unsaturated/α-hetero) is 1. The van der Waals surface area contributed by atoms with Gasteiger partial charge in [0.2, 0.25) is 11.8 Å². The summed E-state index contributed by atoms with van der Waals surface area (Å²) in [6, 6.07) is 0. The third-order valence-electron chi connectivity index (χ3n) is 15.9. The van der Waals surface area contributed by atoms with Crippen molar-refractivity contribution in [2.75, 3.05) is 0 Å². The van der Waals surface area contributed by atoms with E-state index in [1.54, 1.807) is 27.7 Å². The number of allylic oxidation sites excluding steroid dienone is 1. The molecule has 9 unspecified atom stereocenters. The standard InChI is InChI=1S/C44H68N2O7/c1-25(2)35-31(47)23-44(46-38(50)41(6,7)45-37(49)27-13-11-10-12-14-27)22-18-30-28(36(35)44)15-16-33-42(8)21-19-32(26(3)29(42)17-20-43(30,33)9)53-34(48)24-40(4,5)39(51)52/h25-30,32-33H,10-24H2,1-9H3,(H,45,49)(H,46,50)(H,51,52). The highest BCUT2D eigenvalue weighted by Crippen LogP contribution is 2.70. The maximum atomic E-state index is 14.2. The molecule has 0 aromatic rings. The predicted octanol–water partition coefficient (Wildman–Crippen LogP) is 7.94. The lowest BCUT2D eigenvalue weighted by atomic mass is 9.38. The Morgan fingerprint density at radius 3 is 2.13 bits per heavy atom. The first-order chi connectivity index (χ1) is 24.7. The Kier molecular flexibility index (Phi) is 10.6. The van der Waals surface area contributed by atoms with Crippen LogP contribution in [-0.2, 0) is 28.7 Å². The fraction of sp³-hybridized carbons (Fsp3) is 0.841. The highest BCUT2D eigenvalue weighted by atomic mass is 16.5. The van der Waals surface area contributed by atoms with Crippen molar-refractivity contribution < 1.29 is 33.8 Å². The predicted molar refractivity (Wildman–Crippen MR) is 203 cm³/mol. The first-order valence-electron chi connectivity index (χ1n) is 21.0. The lowest BCUT2D eigenvalue weighted by molar-refractivity contribution is -0.191. The van der Waals surface area contributed by atoms with E-state index in [1.165, 1.54) is 5.57 Å². The minimum Gasteiger partial charge on any atom is -0.481 e. The zero-order valence-corrected chi connectivity index (χ0v) is 34.1. The van der Waals surface area contributed by atoms with E-state index in [0.29, 0.717) is 24.2 Å². The summed E-state index contributed by atoms with van der Waals surface area (Å²) in [4.78, 5) is 66.1. The Morgan fingerprint density at radius 2 is 1.49 bits per heavy atom. The number of amides is 2. The number of carbonyl (C=O) groups excluding carboxylic acids is 4. The molecule has 0 aromatic carbocycles. The van der Waals surface area contributed by atoms with Crippen LogP contribution in [0.3, 0.4) is 0 Å². The normalized spacial score (nSPS) is 37.6. The van der Waals surface area contributed by atoms with E-state index in [1.807, 2.05) is 0 Å². The Bertz CT molecular complexity index is 1540. The van der Waals surface area contributed by atoms with Gasteiger partial charge in [-0.3, -0.25) is 24.0 Å². The third-order valence-corrected chi connectivity index (χ3v) is 15.9. The summed E-state index contributed by atoms with van der Waals surface area (Å²) in [5, 5.41) is 16.1. The third kappa shape index (κ3) is 6.91. The summed E-state index contributed by atoms with van der Waals surface area (Å²) in [5.41, 5.74) is -0.688. The molecule has 0 heterocycles. The van der Waals surface area contributed by atoms with E-state index in [0.717, 1.165) is 89.0 Å². The molecule has 0 radical (unpaired) electrons. The molecular weight excluding hydrogens is 668 g/mol. The van der Waals surface area contributed by atoms with Gasteiger partial charge in [0.25, 0.3) is 0 Å². The highest BCUT2D eigenvalue weighted by molar-refractivity contribution is 6.03. The van der Waals surface area contributed by atoms with E-state index >= 15 is 0 Å². The van der Waals surface area contributed by atoms with Gasteiger partial charge < -0.3 is 20.5 Å². The summed E-state index contributed by atoms with van der Waals surface area (Å²) < 4.78 is 6.04. The second kappa shape index (κ2) is 14.1. The number of rotatable bonds is 9. The minimum atomic E-state index is -1.16. The molecule has 2 amide bonds. The molecule has 53 heavy (non-hydrogen) atoms. The van der Waals surface area contributed by atoms with Crippen molar-refractivity contribution in [3.8, 4) is 0 Å². The number of aliphatic carboxylic acids is 1. The Balaban J connectivity index is 1.21. The van der Waals surface area contributed by atoms with Crippen LogP contribution in [-0.4, -0.2) is 51.8 Å². The van der Waals surface area contributed by atoms with Crippen molar-refractivity contribution in [1.29, 1.82) is 0 Å². The number of nitrogens with one attached hydrogen (secondary N) is 2. The number of carboxylic acid groups (broad SMARTS) is 1.